The van der Waals surface area contributed by atoms with E-state index >= 15 is 0 Å². The van der Waals surface area contributed by atoms with Gasteiger partial charge in [0.15, 0.2) is 6.17 Å². The van der Waals surface area contributed by atoms with Crippen molar-refractivity contribution in [3.05, 3.63) is 70.8 Å². The molecule has 1 atom stereocenters. The molecule has 0 saturated heterocycles. The summed E-state index contributed by atoms with van der Waals surface area (Å²) in [5, 5.41) is 13.1. The number of nitrogens with zero attached hydrogens (tertiary/aromatic N) is 3. The summed E-state index contributed by atoms with van der Waals surface area (Å²) in [4.78, 5) is 23.3. The van der Waals surface area contributed by atoms with Crippen LogP contribution in [0.25, 0.3) is 5.69 Å². The molecule has 3 rings (SSSR count). The number of aromatic nitrogens is 2. The second-order valence-corrected chi connectivity index (χ2v) is 6.21. The highest BCUT2D eigenvalue weighted by Crippen LogP contribution is 2.27. The standard InChI is InChI=1S/C20H21N5O3/c1-13-11-19(25(23-13)15-7-5-4-6-8-15)22-18-10-9-16(28-3)12-17(18)20(26)21-14(2)24-27/h4-12,14,22H,1-3H3,(H,21,26). The van der Waals surface area contributed by atoms with Gasteiger partial charge in [-0.25, -0.2) is 4.68 Å². The molecular weight excluding hydrogens is 358 g/mol. The third-order valence-electron chi connectivity index (χ3n) is 4.06. The Morgan fingerprint density at radius 2 is 1.93 bits per heavy atom. The molecule has 1 amide bonds. The molecule has 2 aromatic carbocycles. The molecule has 0 fully saturated rings. The first-order valence-electron chi connectivity index (χ1n) is 8.72. The van der Waals surface area contributed by atoms with Gasteiger partial charge < -0.3 is 15.4 Å². The Labute approximate surface area is 162 Å². The van der Waals surface area contributed by atoms with Gasteiger partial charge in [0.2, 0.25) is 0 Å². The first kappa shape index (κ1) is 19.1. The maximum absolute atomic E-state index is 12.6. The van der Waals surface area contributed by atoms with Crippen molar-refractivity contribution in [1.82, 2.24) is 15.1 Å². The number of hydrogen-bond donors (Lipinski definition) is 2. The van der Waals surface area contributed by atoms with Crippen LogP contribution in [0, 0.1) is 11.8 Å². The van der Waals surface area contributed by atoms with Gasteiger partial charge in [-0.2, -0.15) is 5.10 Å². The second-order valence-electron chi connectivity index (χ2n) is 6.21. The van der Waals surface area contributed by atoms with Gasteiger partial charge in [-0.1, -0.05) is 18.2 Å². The number of amides is 1. The minimum atomic E-state index is -0.844. The number of nitroso groups, excluding NO2 is 1. The van der Waals surface area contributed by atoms with Crippen molar-refractivity contribution in [3.63, 3.8) is 0 Å². The average Bonchev–Trinajstić information content (AvgIpc) is 3.08. The van der Waals surface area contributed by atoms with E-state index in [9.17, 15) is 9.70 Å². The van der Waals surface area contributed by atoms with Crippen LogP contribution in [0.5, 0.6) is 5.75 Å². The van der Waals surface area contributed by atoms with E-state index in [-0.39, 0.29) is 0 Å². The summed E-state index contributed by atoms with van der Waals surface area (Å²) in [5.74, 6) is 0.788. The van der Waals surface area contributed by atoms with E-state index in [2.05, 4.69) is 20.9 Å². The Morgan fingerprint density at radius 3 is 2.61 bits per heavy atom. The summed E-state index contributed by atoms with van der Waals surface area (Å²) in [6, 6.07) is 16.6. The lowest BCUT2D eigenvalue weighted by atomic mass is 10.1. The van der Waals surface area contributed by atoms with Gasteiger partial charge >= 0.3 is 0 Å². The maximum atomic E-state index is 12.6. The number of ether oxygens (including phenoxy) is 1. The van der Waals surface area contributed by atoms with E-state index in [0.717, 1.165) is 11.4 Å². The van der Waals surface area contributed by atoms with Crippen LogP contribution in [-0.4, -0.2) is 29.0 Å². The van der Waals surface area contributed by atoms with Gasteiger partial charge in [-0.05, 0) is 49.4 Å². The molecule has 8 nitrogen and oxygen atoms in total. The molecule has 0 aliphatic rings. The van der Waals surface area contributed by atoms with E-state index in [1.54, 1.807) is 22.9 Å². The predicted molar refractivity (Wildman–Crippen MR) is 107 cm³/mol. The highest BCUT2D eigenvalue weighted by atomic mass is 16.5. The third kappa shape index (κ3) is 4.17. The molecule has 0 saturated carbocycles. The van der Waals surface area contributed by atoms with E-state index in [1.807, 2.05) is 43.3 Å². The largest absolute Gasteiger partial charge is 0.497 e. The topological polar surface area (TPSA) is 97.6 Å². The fourth-order valence-corrected chi connectivity index (χ4v) is 2.73. The van der Waals surface area contributed by atoms with Crippen LogP contribution in [0.2, 0.25) is 0 Å². The summed E-state index contributed by atoms with van der Waals surface area (Å²) in [7, 11) is 1.52. The van der Waals surface area contributed by atoms with Crippen LogP contribution in [0.15, 0.2) is 59.8 Å². The first-order chi connectivity index (χ1) is 13.5. The van der Waals surface area contributed by atoms with E-state index in [1.165, 1.54) is 14.0 Å². The minimum absolute atomic E-state index is 0.327. The zero-order valence-electron chi connectivity index (χ0n) is 15.8. The molecule has 0 aliphatic carbocycles. The van der Waals surface area contributed by atoms with Crippen molar-refractivity contribution in [1.29, 1.82) is 0 Å². The summed E-state index contributed by atoms with van der Waals surface area (Å²) < 4.78 is 6.99. The van der Waals surface area contributed by atoms with Crippen LogP contribution in [-0.2, 0) is 0 Å². The van der Waals surface area contributed by atoms with Crippen molar-refractivity contribution >= 4 is 17.4 Å². The van der Waals surface area contributed by atoms with Crippen LogP contribution in [0.1, 0.15) is 23.0 Å². The second kappa shape index (κ2) is 8.34. The Morgan fingerprint density at radius 1 is 1.18 bits per heavy atom. The lowest BCUT2D eigenvalue weighted by Gasteiger charge is -2.15. The molecule has 3 aromatic rings. The van der Waals surface area contributed by atoms with Gasteiger partial charge in [0, 0.05) is 6.07 Å². The summed E-state index contributed by atoms with van der Waals surface area (Å²) in [5.41, 5.74) is 2.59. The lowest BCUT2D eigenvalue weighted by molar-refractivity contribution is 0.0942. The maximum Gasteiger partial charge on any atom is 0.255 e. The van der Waals surface area contributed by atoms with Gasteiger partial charge in [0.05, 0.1) is 29.7 Å². The number of benzene rings is 2. The number of carbonyl (C=O) groups is 1. The monoisotopic (exact) mass is 379 g/mol. The van der Waals surface area contributed by atoms with Crippen LogP contribution in [0.4, 0.5) is 11.5 Å². The first-order valence-corrected chi connectivity index (χ1v) is 8.72. The molecular formula is C20H21N5O3. The van der Waals surface area contributed by atoms with Crippen molar-refractivity contribution < 1.29 is 9.53 Å². The molecule has 1 aromatic heterocycles. The Balaban J connectivity index is 1.99. The molecule has 1 unspecified atom stereocenters. The van der Waals surface area contributed by atoms with Crippen molar-refractivity contribution in [3.8, 4) is 11.4 Å². The highest BCUT2D eigenvalue weighted by molar-refractivity contribution is 6.00. The molecule has 8 heteroatoms. The zero-order chi connectivity index (χ0) is 20.1. The van der Waals surface area contributed by atoms with Crippen LogP contribution < -0.4 is 15.4 Å². The van der Waals surface area contributed by atoms with Gasteiger partial charge in [-0.3, -0.25) is 4.79 Å². The number of hydrogen-bond acceptors (Lipinski definition) is 6. The minimum Gasteiger partial charge on any atom is -0.497 e. The fraction of sp³-hybridized carbons (Fsp3) is 0.200. The van der Waals surface area contributed by atoms with Crippen LogP contribution >= 0.6 is 0 Å². The molecule has 1 heterocycles. The van der Waals surface area contributed by atoms with Crippen molar-refractivity contribution in [2.24, 2.45) is 5.18 Å². The van der Waals surface area contributed by atoms with Crippen LogP contribution in [0.3, 0.4) is 0 Å². The quantitative estimate of drug-likeness (QED) is 0.609. The van der Waals surface area contributed by atoms with Gasteiger partial charge in [-0.15, -0.1) is 4.91 Å². The molecule has 28 heavy (non-hydrogen) atoms. The average molecular weight is 379 g/mol. The van der Waals surface area contributed by atoms with Crippen molar-refractivity contribution in [2.75, 3.05) is 12.4 Å². The van der Waals surface area contributed by atoms with Crippen molar-refractivity contribution in [2.45, 2.75) is 20.0 Å². The molecule has 0 bridgehead atoms. The van der Waals surface area contributed by atoms with Gasteiger partial charge in [0.25, 0.3) is 5.91 Å². The van der Waals surface area contributed by atoms with Gasteiger partial charge in [0.1, 0.15) is 11.6 Å². The predicted octanol–water partition coefficient (Wildman–Crippen LogP) is 3.78. The van der Waals surface area contributed by atoms with E-state index < -0.39 is 12.1 Å². The molecule has 0 spiro atoms. The summed E-state index contributed by atoms with van der Waals surface area (Å²) in [6.07, 6.45) is -0.844. The molecule has 0 radical (unpaired) electrons. The molecule has 144 valence electrons. The fourth-order valence-electron chi connectivity index (χ4n) is 2.73. The highest BCUT2D eigenvalue weighted by Gasteiger charge is 2.17. The molecule has 0 aliphatic heterocycles. The summed E-state index contributed by atoms with van der Waals surface area (Å²) in [6.45, 7) is 3.40. The summed E-state index contributed by atoms with van der Waals surface area (Å²) >= 11 is 0. The number of anilines is 2. The zero-order valence-corrected chi connectivity index (χ0v) is 15.8. The Kier molecular flexibility index (Phi) is 5.69. The number of carbonyl (C=O) groups excluding carboxylic acids is 1. The number of aryl methyl sites for hydroxylation is 1. The number of para-hydroxylation sites is 1. The number of nitrogens with one attached hydrogen (secondary N) is 2. The Bertz CT molecular complexity index is 985. The van der Waals surface area contributed by atoms with E-state index in [0.29, 0.717) is 22.8 Å². The number of rotatable bonds is 7. The SMILES string of the molecule is COc1ccc(Nc2cc(C)nn2-c2ccccc2)c(C(=O)NC(C)N=O)c1. The van der Waals surface area contributed by atoms with E-state index in [4.69, 9.17) is 4.74 Å². The normalized spacial score (nSPS) is 11.5. The smallest absolute Gasteiger partial charge is 0.255 e. The Hall–Kier alpha value is -3.68. The third-order valence-corrected chi connectivity index (χ3v) is 4.06. The number of methoxy groups -OCH3 is 1. The molecule has 2 N–H and O–H groups in total. The lowest BCUT2D eigenvalue weighted by Crippen LogP contribution is -2.31.